The van der Waals surface area contributed by atoms with Gasteiger partial charge in [-0.05, 0) is 22.4 Å². The summed E-state index contributed by atoms with van der Waals surface area (Å²) in [6.45, 7) is 1.32. The molecule has 0 saturated carbocycles. The first-order valence-electron chi connectivity index (χ1n) is 4.68. The summed E-state index contributed by atoms with van der Waals surface area (Å²) in [5, 5.41) is 15.3. The summed E-state index contributed by atoms with van der Waals surface area (Å²) in [6, 6.07) is 1.20. The molecule has 0 aromatic carbocycles. The van der Waals surface area contributed by atoms with Gasteiger partial charge in [-0.3, -0.25) is 4.79 Å². The van der Waals surface area contributed by atoms with E-state index < -0.39 is 12.0 Å². The van der Waals surface area contributed by atoms with Crippen LogP contribution in [0.15, 0.2) is 16.8 Å². The predicted molar refractivity (Wildman–Crippen MR) is 65.7 cm³/mol. The highest BCUT2D eigenvalue weighted by molar-refractivity contribution is 7.98. The van der Waals surface area contributed by atoms with Crippen LogP contribution in [0.2, 0.25) is 0 Å². The van der Waals surface area contributed by atoms with Crippen LogP contribution in [0.1, 0.15) is 12.5 Å². The molecular formula is C10H13NO3S2. The molecule has 6 heteroatoms. The van der Waals surface area contributed by atoms with Gasteiger partial charge in [0.2, 0.25) is 5.91 Å². The minimum absolute atomic E-state index is 0.316. The number of thiophene rings is 1. The van der Waals surface area contributed by atoms with Gasteiger partial charge in [0, 0.05) is 18.4 Å². The van der Waals surface area contributed by atoms with E-state index in [0.717, 1.165) is 5.75 Å². The van der Waals surface area contributed by atoms with Crippen molar-refractivity contribution in [1.82, 2.24) is 5.32 Å². The maximum atomic E-state index is 10.8. The van der Waals surface area contributed by atoms with Gasteiger partial charge in [-0.25, -0.2) is 4.79 Å². The zero-order valence-electron chi connectivity index (χ0n) is 8.80. The van der Waals surface area contributed by atoms with Gasteiger partial charge in [-0.15, -0.1) is 0 Å². The summed E-state index contributed by atoms with van der Waals surface area (Å²) >= 11 is 3.12. The van der Waals surface area contributed by atoms with Gasteiger partial charge >= 0.3 is 5.97 Å². The van der Waals surface area contributed by atoms with Crippen molar-refractivity contribution in [2.75, 3.05) is 5.75 Å². The van der Waals surface area contributed by atoms with Crippen LogP contribution in [0.25, 0.3) is 0 Å². The normalized spacial score (nSPS) is 12.1. The molecule has 0 fully saturated rings. The van der Waals surface area contributed by atoms with Crippen molar-refractivity contribution in [3.63, 3.8) is 0 Å². The number of rotatable bonds is 6. The second-order valence-electron chi connectivity index (χ2n) is 3.24. The molecule has 1 atom stereocenters. The fourth-order valence-electron chi connectivity index (χ4n) is 1.09. The highest BCUT2D eigenvalue weighted by Gasteiger charge is 2.17. The van der Waals surface area contributed by atoms with Gasteiger partial charge in [0.1, 0.15) is 6.04 Å². The van der Waals surface area contributed by atoms with E-state index in [0.29, 0.717) is 5.75 Å². The smallest absolute Gasteiger partial charge is 0.327 e. The molecule has 1 rings (SSSR count). The van der Waals surface area contributed by atoms with Crippen LogP contribution < -0.4 is 5.32 Å². The molecule has 1 heterocycles. The summed E-state index contributed by atoms with van der Waals surface area (Å²) < 4.78 is 0. The van der Waals surface area contributed by atoms with Crippen molar-refractivity contribution in [1.29, 1.82) is 0 Å². The minimum Gasteiger partial charge on any atom is -0.480 e. The summed E-state index contributed by atoms with van der Waals surface area (Å²) in [4.78, 5) is 21.6. The van der Waals surface area contributed by atoms with Crippen LogP contribution in [-0.2, 0) is 15.3 Å². The van der Waals surface area contributed by atoms with Crippen molar-refractivity contribution in [3.05, 3.63) is 22.4 Å². The third-order valence-electron chi connectivity index (χ3n) is 1.81. The molecule has 4 nitrogen and oxygen atoms in total. The Kier molecular flexibility index (Phi) is 5.34. The second kappa shape index (κ2) is 6.55. The van der Waals surface area contributed by atoms with E-state index >= 15 is 0 Å². The maximum absolute atomic E-state index is 10.8. The summed E-state index contributed by atoms with van der Waals surface area (Å²) in [5.74, 6) is -0.158. The lowest BCUT2D eigenvalue weighted by Crippen LogP contribution is -2.41. The lowest BCUT2D eigenvalue weighted by atomic mass is 10.3. The third kappa shape index (κ3) is 4.67. The Hall–Kier alpha value is -1.01. The van der Waals surface area contributed by atoms with Crippen molar-refractivity contribution in [3.8, 4) is 0 Å². The molecule has 1 amide bonds. The average molecular weight is 259 g/mol. The molecule has 16 heavy (non-hydrogen) atoms. The lowest BCUT2D eigenvalue weighted by molar-refractivity contribution is -0.140. The maximum Gasteiger partial charge on any atom is 0.327 e. The van der Waals surface area contributed by atoms with Crippen LogP contribution in [-0.4, -0.2) is 28.8 Å². The number of thioether (sulfide) groups is 1. The quantitative estimate of drug-likeness (QED) is 0.814. The monoisotopic (exact) mass is 259 g/mol. The van der Waals surface area contributed by atoms with Crippen LogP contribution in [0.4, 0.5) is 0 Å². The van der Waals surface area contributed by atoms with E-state index in [2.05, 4.69) is 5.32 Å². The van der Waals surface area contributed by atoms with E-state index in [-0.39, 0.29) is 5.91 Å². The molecule has 1 aromatic heterocycles. The number of amides is 1. The largest absolute Gasteiger partial charge is 0.480 e. The molecule has 0 saturated heterocycles. The standard InChI is InChI=1S/C10H13NO3S2/c1-7(12)11-9(10(13)14)6-16-5-8-2-3-15-4-8/h2-4,9H,5-6H2,1H3,(H,11,12)(H,13,14). The zero-order chi connectivity index (χ0) is 12.0. The molecule has 0 aliphatic heterocycles. The third-order valence-corrected chi connectivity index (χ3v) is 3.65. The predicted octanol–water partition coefficient (Wildman–Crippen LogP) is 1.57. The molecule has 0 bridgehead atoms. The summed E-state index contributed by atoms with van der Waals surface area (Å²) in [5.41, 5.74) is 1.18. The molecule has 1 unspecified atom stereocenters. The summed E-state index contributed by atoms with van der Waals surface area (Å²) in [6.07, 6.45) is 0. The first-order chi connectivity index (χ1) is 7.59. The lowest BCUT2D eigenvalue weighted by Gasteiger charge is -2.12. The van der Waals surface area contributed by atoms with Gasteiger partial charge in [-0.2, -0.15) is 23.1 Å². The van der Waals surface area contributed by atoms with Crippen molar-refractivity contribution in [2.24, 2.45) is 0 Å². The van der Waals surface area contributed by atoms with E-state index in [1.54, 1.807) is 11.3 Å². The first kappa shape index (κ1) is 13.1. The van der Waals surface area contributed by atoms with Crippen LogP contribution in [0.3, 0.4) is 0 Å². The van der Waals surface area contributed by atoms with E-state index in [4.69, 9.17) is 5.11 Å². The van der Waals surface area contributed by atoms with Gasteiger partial charge in [-0.1, -0.05) is 0 Å². The molecule has 2 N–H and O–H groups in total. The Labute approximate surface area is 102 Å². The minimum atomic E-state index is -0.993. The molecule has 0 aliphatic rings. The Morgan fingerprint density at radius 2 is 2.38 bits per heavy atom. The van der Waals surface area contributed by atoms with E-state index in [1.165, 1.54) is 24.2 Å². The Morgan fingerprint density at radius 3 is 2.88 bits per heavy atom. The fourth-order valence-corrected chi connectivity index (χ4v) is 2.86. The number of nitrogens with one attached hydrogen (secondary N) is 1. The molecule has 0 aliphatic carbocycles. The van der Waals surface area contributed by atoms with Crippen molar-refractivity contribution in [2.45, 2.75) is 18.7 Å². The topological polar surface area (TPSA) is 66.4 Å². The number of carbonyl (C=O) groups excluding carboxylic acids is 1. The van der Waals surface area contributed by atoms with Gasteiger partial charge in [0.05, 0.1) is 0 Å². The molecule has 88 valence electrons. The number of hydrogen-bond donors (Lipinski definition) is 2. The van der Waals surface area contributed by atoms with Gasteiger partial charge in [0.25, 0.3) is 0 Å². The Balaban J connectivity index is 2.32. The van der Waals surface area contributed by atoms with Gasteiger partial charge in [0.15, 0.2) is 0 Å². The van der Waals surface area contributed by atoms with Gasteiger partial charge < -0.3 is 10.4 Å². The highest BCUT2D eigenvalue weighted by atomic mass is 32.2. The van der Waals surface area contributed by atoms with Crippen molar-refractivity contribution >= 4 is 35.0 Å². The van der Waals surface area contributed by atoms with Crippen molar-refractivity contribution < 1.29 is 14.7 Å². The van der Waals surface area contributed by atoms with Crippen LogP contribution in [0, 0.1) is 0 Å². The number of aliphatic carboxylic acids is 1. The first-order valence-corrected chi connectivity index (χ1v) is 6.78. The van der Waals surface area contributed by atoms with E-state index in [9.17, 15) is 9.59 Å². The van der Waals surface area contributed by atoms with Crippen LogP contribution in [0.5, 0.6) is 0 Å². The fraction of sp³-hybridized carbons (Fsp3) is 0.400. The van der Waals surface area contributed by atoms with E-state index in [1.807, 2.05) is 16.8 Å². The zero-order valence-corrected chi connectivity index (χ0v) is 10.4. The van der Waals surface area contributed by atoms with Crippen LogP contribution >= 0.6 is 23.1 Å². The number of carboxylic acids is 1. The highest BCUT2D eigenvalue weighted by Crippen LogP contribution is 2.15. The second-order valence-corrected chi connectivity index (χ2v) is 5.05. The number of carbonyl (C=O) groups is 2. The molecule has 0 spiro atoms. The number of hydrogen-bond acceptors (Lipinski definition) is 4. The average Bonchev–Trinajstić information content (AvgIpc) is 2.68. The molecule has 1 aromatic rings. The molecular weight excluding hydrogens is 246 g/mol. The molecule has 0 radical (unpaired) electrons. The summed E-state index contributed by atoms with van der Waals surface area (Å²) in [7, 11) is 0. The Morgan fingerprint density at radius 1 is 1.62 bits per heavy atom. The number of carboxylic acid groups (broad SMARTS) is 1. The SMILES string of the molecule is CC(=O)NC(CSCc1ccsc1)C(=O)O. The Bertz CT molecular complexity index is 351.